The van der Waals surface area contributed by atoms with Crippen molar-refractivity contribution in [3.63, 3.8) is 0 Å². The van der Waals surface area contributed by atoms with E-state index in [1.807, 2.05) is 0 Å². The average molecular weight is 427 g/mol. The van der Waals surface area contributed by atoms with E-state index in [4.69, 9.17) is 0 Å². The van der Waals surface area contributed by atoms with E-state index in [0.717, 1.165) is 22.5 Å². The Morgan fingerprint density at radius 3 is 2.21 bits per heavy atom. The van der Waals surface area contributed by atoms with Gasteiger partial charge in [-0.05, 0) is 36.8 Å². The third-order valence-corrected chi connectivity index (χ3v) is 6.62. The van der Waals surface area contributed by atoms with Gasteiger partial charge in [0.25, 0.3) is 0 Å². The van der Waals surface area contributed by atoms with Crippen molar-refractivity contribution in [2.75, 3.05) is 38.0 Å². The third kappa shape index (κ3) is 4.77. The molecule has 0 atom stereocenters. The first-order valence-corrected chi connectivity index (χ1v) is 10.3. The standard InChI is InChI=1S/C19H20F3N3O3S/c1-13-5-6-14(11-17(13)22)23-18(26)12-24-7-9-25(10-8-24)29(27,28)19-15(20)3-2-4-16(19)21/h2-6,11H,7-10,12H2,1H3,(H,23,26). The Bertz CT molecular complexity index is 1000. The minimum absolute atomic E-state index is 0.0114. The van der Waals surface area contributed by atoms with Crippen LogP contribution in [0.1, 0.15) is 5.56 Å². The molecule has 0 aliphatic carbocycles. The number of benzene rings is 2. The summed E-state index contributed by atoms with van der Waals surface area (Å²) in [6.07, 6.45) is 0. The zero-order chi connectivity index (χ0) is 21.2. The maximum atomic E-state index is 13.9. The molecule has 1 amide bonds. The van der Waals surface area contributed by atoms with E-state index in [0.29, 0.717) is 11.3 Å². The lowest BCUT2D eigenvalue weighted by molar-refractivity contribution is -0.117. The highest BCUT2D eigenvalue weighted by Crippen LogP contribution is 2.23. The second-order valence-electron chi connectivity index (χ2n) is 6.74. The van der Waals surface area contributed by atoms with Gasteiger partial charge >= 0.3 is 0 Å². The van der Waals surface area contributed by atoms with E-state index in [9.17, 15) is 26.4 Å². The van der Waals surface area contributed by atoms with Gasteiger partial charge < -0.3 is 5.32 Å². The molecule has 10 heteroatoms. The summed E-state index contributed by atoms with van der Waals surface area (Å²) in [7, 11) is -4.32. The molecule has 1 N–H and O–H groups in total. The van der Waals surface area contributed by atoms with Crippen LogP contribution in [0.5, 0.6) is 0 Å². The van der Waals surface area contributed by atoms with Crippen molar-refractivity contribution in [2.24, 2.45) is 0 Å². The summed E-state index contributed by atoms with van der Waals surface area (Å²) in [5.41, 5.74) is 0.793. The van der Waals surface area contributed by atoms with Crippen LogP contribution < -0.4 is 5.32 Å². The smallest absolute Gasteiger partial charge is 0.249 e. The molecule has 0 radical (unpaired) electrons. The Labute approximate surface area is 167 Å². The van der Waals surface area contributed by atoms with Crippen molar-refractivity contribution in [1.82, 2.24) is 9.21 Å². The van der Waals surface area contributed by atoms with Crippen LogP contribution in [-0.2, 0) is 14.8 Å². The number of nitrogens with one attached hydrogen (secondary N) is 1. The van der Waals surface area contributed by atoms with E-state index in [2.05, 4.69) is 5.32 Å². The van der Waals surface area contributed by atoms with Crippen LogP contribution in [0.3, 0.4) is 0 Å². The predicted molar refractivity (Wildman–Crippen MR) is 101 cm³/mol. The molecule has 29 heavy (non-hydrogen) atoms. The first kappa shape index (κ1) is 21.3. The fraction of sp³-hybridized carbons (Fsp3) is 0.316. The second-order valence-corrected chi connectivity index (χ2v) is 8.62. The number of rotatable bonds is 5. The Kier molecular flexibility index (Phi) is 6.25. The summed E-state index contributed by atoms with van der Waals surface area (Å²) in [6.45, 7) is 2.00. The van der Waals surface area contributed by atoms with E-state index in [1.165, 1.54) is 6.07 Å². The van der Waals surface area contributed by atoms with E-state index < -0.39 is 32.4 Å². The molecule has 1 aliphatic rings. The molecular weight excluding hydrogens is 407 g/mol. The number of anilines is 1. The van der Waals surface area contributed by atoms with E-state index in [-0.39, 0.29) is 38.6 Å². The summed E-state index contributed by atoms with van der Waals surface area (Å²) in [6, 6.07) is 7.25. The number of carbonyl (C=O) groups excluding carboxylic acids is 1. The molecule has 1 aliphatic heterocycles. The molecule has 1 saturated heterocycles. The highest BCUT2D eigenvalue weighted by atomic mass is 32.2. The van der Waals surface area contributed by atoms with Crippen LogP contribution in [0, 0.1) is 24.4 Å². The van der Waals surface area contributed by atoms with Crippen LogP contribution in [0.25, 0.3) is 0 Å². The highest BCUT2D eigenvalue weighted by Gasteiger charge is 2.33. The minimum Gasteiger partial charge on any atom is -0.325 e. The number of nitrogens with zero attached hydrogens (tertiary/aromatic N) is 2. The Morgan fingerprint density at radius 1 is 1.00 bits per heavy atom. The molecule has 1 heterocycles. The Balaban J connectivity index is 1.59. The van der Waals surface area contributed by atoms with Gasteiger partial charge in [-0.25, -0.2) is 21.6 Å². The van der Waals surface area contributed by atoms with Crippen molar-refractivity contribution >= 4 is 21.6 Å². The first-order chi connectivity index (χ1) is 13.7. The molecule has 0 bridgehead atoms. The number of carbonyl (C=O) groups is 1. The molecule has 0 aromatic heterocycles. The van der Waals surface area contributed by atoms with E-state index in [1.54, 1.807) is 24.0 Å². The van der Waals surface area contributed by atoms with Gasteiger partial charge in [-0.1, -0.05) is 12.1 Å². The van der Waals surface area contributed by atoms with Gasteiger partial charge in [0.2, 0.25) is 15.9 Å². The average Bonchev–Trinajstić information content (AvgIpc) is 2.65. The second kappa shape index (κ2) is 8.52. The number of halogens is 3. The molecule has 0 unspecified atom stereocenters. The SMILES string of the molecule is Cc1ccc(NC(=O)CN2CCN(S(=O)(=O)c3c(F)cccc3F)CC2)cc1F. The Hall–Kier alpha value is -2.43. The van der Waals surface area contributed by atoms with Crippen LogP contribution >= 0.6 is 0 Å². The summed E-state index contributed by atoms with van der Waals surface area (Å²) < 4.78 is 67.5. The van der Waals surface area contributed by atoms with Crippen LogP contribution in [0.4, 0.5) is 18.9 Å². The maximum Gasteiger partial charge on any atom is 0.249 e. The van der Waals surface area contributed by atoms with Gasteiger partial charge in [0.1, 0.15) is 17.5 Å². The quantitative estimate of drug-likeness (QED) is 0.796. The molecule has 3 rings (SSSR count). The summed E-state index contributed by atoms with van der Waals surface area (Å²) in [5, 5.41) is 2.59. The van der Waals surface area contributed by atoms with Crippen LogP contribution in [0.15, 0.2) is 41.3 Å². The minimum atomic E-state index is -4.32. The van der Waals surface area contributed by atoms with Crippen molar-refractivity contribution in [3.05, 3.63) is 59.4 Å². The van der Waals surface area contributed by atoms with Gasteiger partial charge in [-0.3, -0.25) is 9.69 Å². The largest absolute Gasteiger partial charge is 0.325 e. The molecule has 1 fully saturated rings. The fourth-order valence-electron chi connectivity index (χ4n) is 3.06. The zero-order valence-electron chi connectivity index (χ0n) is 15.7. The number of hydrogen-bond donors (Lipinski definition) is 1. The first-order valence-electron chi connectivity index (χ1n) is 8.91. The lowest BCUT2D eigenvalue weighted by Crippen LogP contribution is -2.50. The van der Waals surface area contributed by atoms with Crippen LogP contribution in [-0.4, -0.2) is 56.3 Å². The molecule has 0 spiro atoms. The zero-order valence-corrected chi connectivity index (χ0v) is 16.5. The Morgan fingerprint density at radius 2 is 1.62 bits per heavy atom. The van der Waals surface area contributed by atoms with Gasteiger partial charge in [0.15, 0.2) is 4.90 Å². The van der Waals surface area contributed by atoms with Gasteiger partial charge in [0, 0.05) is 31.9 Å². The van der Waals surface area contributed by atoms with E-state index >= 15 is 0 Å². The highest BCUT2D eigenvalue weighted by molar-refractivity contribution is 7.89. The molecule has 6 nitrogen and oxygen atoms in total. The summed E-state index contributed by atoms with van der Waals surface area (Å²) >= 11 is 0. The molecule has 156 valence electrons. The van der Waals surface area contributed by atoms with Crippen LogP contribution in [0.2, 0.25) is 0 Å². The summed E-state index contributed by atoms with van der Waals surface area (Å²) in [5.74, 6) is -3.08. The molecular formula is C19H20F3N3O3S. The molecule has 0 saturated carbocycles. The third-order valence-electron chi connectivity index (χ3n) is 4.67. The van der Waals surface area contributed by atoms with Crippen molar-refractivity contribution < 1.29 is 26.4 Å². The number of sulfonamides is 1. The maximum absolute atomic E-state index is 13.9. The number of piperazine rings is 1. The lowest BCUT2D eigenvalue weighted by atomic mass is 10.2. The predicted octanol–water partition coefficient (Wildman–Crippen LogP) is 2.36. The topological polar surface area (TPSA) is 69.7 Å². The number of aryl methyl sites for hydroxylation is 1. The molecule has 2 aromatic rings. The van der Waals surface area contributed by atoms with Crippen molar-refractivity contribution in [1.29, 1.82) is 0 Å². The normalized spacial score (nSPS) is 16.0. The van der Waals surface area contributed by atoms with Gasteiger partial charge in [-0.2, -0.15) is 4.31 Å². The van der Waals surface area contributed by atoms with Crippen molar-refractivity contribution in [3.8, 4) is 0 Å². The lowest BCUT2D eigenvalue weighted by Gasteiger charge is -2.33. The fourth-order valence-corrected chi connectivity index (χ4v) is 4.59. The van der Waals surface area contributed by atoms with Crippen molar-refractivity contribution in [2.45, 2.75) is 11.8 Å². The molecule has 2 aromatic carbocycles. The van der Waals surface area contributed by atoms with Gasteiger partial charge in [0.05, 0.1) is 6.54 Å². The van der Waals surface area contributed by atoms with Gasteiger partial charge in [-0.15, -0.1) is 0 Å². The number of hydrogen-bond acceptors (Lipinski definition) is 4. The number of amides is 1. The summed E-state index contributed by atoms with van der Waals surface area (Å²) in [4.78, 5) is 12.9. The monoisotopic (exact) mass is 427 g/mol.